The molecule has 0 saturated heterocycles. The van der Waals surface area contributed by atoms with Gasteiger partial charge >= 0.3 is 5.97 Å². The van der Waals surface area contributed by atoms with Gasteiger partial charge in [0, 0.05) is 18.2 Å². The van der Waals surface area contributed by atoms with Crippen LogP contribution in [0.4, 0.5) is 0 Å². The molecule has 3 rings (SSSR count). The summed E-state index contributed by atoms with van der Waals surface area (Å²) in [7, 11) is 1.33. The van der Waals surface area contributed by atoms with Crippen molar-refractivity contribution in [2.75, 3.05) is 26.9 Å². The van der Waals surface area contributed by atoms with Gasteiger partial charge in [-0.15, -0.1) is 0 Å². The van der Waals surface area contributed by atoms with Crippen molar-refractivity contribution in [2.45, 2.75) is 13.5 Å². The smallest absolute Gasteiger partial charge is 0.337 e. The average Bonchev–Trinajstić information content (AvgIpc) is 3.08. The number of amides is 1. The molecule has 0 N–H and O–H groups in total. The maximum Gasteiger partial charge on any atom is 0.337 e. The fourth-order valence-electron chi connectivity index (χ4n) is 2.79. The molecule has 10 heteroatoms. The second-order valence-corrected chi connectivity index (χ2v) is 8.13. The van der Waals surface area contributed by atoms with Gasteiger partial charge in [0.2, 0.25) is 0 Å². The van der Waals surface area contributed by atoms with Gasteiger partial charge in [0.15, 0.2) is 11.4 Å². The Morgan fingerprint density at radius 1 is 1.16 bits per heavy atom. The highest BCUT2D eigenvalue weighted by Crippen LogP contribution is 2.27. The van der Waals surface area contributed by atoms with Crippen molar-refractivity contribution >= 4 is 56.6 Å². The number of halogens is 2. The van der Waals surface area contributed by atoms with Gasteiger partial charge in [-0.25, -0.2) is 4.79 Å². The van der Waals surface area contributed by atoms with E-state index in [1.807, 2.05) is 11.5 Å². The lowest BCUT2D eigenvalue weighted by Gasteiger charge is -2.07. The molecule has 0 fully saturated rings. The summed E-state index contributed by atoms with van der Waals surface area (Å²) in [6, 6.07) is 9.95. The van der Waals surface area contributed by atoms with Crippen molar-refractivity contribution in [3.63, 3.8) is 0 Å². The van der Waals surface area contributed by atoms with Gasteiger partial charge in [-0.05, 0) is 43.3 Å². The van der Waals surface area contributed by atoms with Crippen LogP contribution in [0, 0.1) is 0 Å². The molecule has 31 heavy (non-hydrogen) atoms. The Bertz CT molecular complexity index is 1170. The third kappa shape index (κ3) is 5.86. The lowest BCUT2D eigenvalue weighted by atomic mass is 10.2. The molecular weight excluding hydrogens is 463 g/mol. The quantitative estimate of drug-likeness (QED) is 0.352. The van der Waals surface area contributed by atoms with E-state index in [-0.39, 0.29) is 6.61 Å². The molecule has 0 atom stereocenters. The van der Waals surface area contributed by atoms with Gasteiger partial charge in [0.25, 0.3) is 5.91 Å². The monoisotopic (exact) mass is 482 g/mol. The number of carbonyl (C=O) groups excluding carboxylic acids is 2. The maximum absolute atomic E-state index is 12.5. The van der Waals surface area contributed by atoms with Gasteiger partial charge < -0.3 is 18.8 Å². The predicted molar refractivity (Wildman–Crippen MR) is 120 cm³/mol. The Labute approximate surface area is 192 Å². The number of nitrogens with zero attached hydrogens (tertiary/aromatic N) is 2. The molecule has 2 aromatic carbocycles. The van der Waals surface area contributed by atoms with E-state index < -0.39 is 11.9 Å². The van der Waals surface area contributed by atoms with E-state index in [9.17, 15) is 9.59 Å². The van der Waals surface area contributed by atoms with E-state index in [1.54, 1.807) is 30.3 Å². The van der Waals surface area contributed by atoms with Crippen LogP contribution in [0.3, 0.4) is 0 Å². The number of methoxy groups -OCH3 is 1. The minimum absolute atomic E-state index is 0.283. The molecule has 0 aliphatic carbocycles. The summed E-state index contributed by atoms with van der Waals surface area (Å²) in [5.74, 6) is -0.562. The Morgan fingerprint density at radius 3 is 2.68 bits per heavy atom. The van der Waals surface area contributed by atoms with Gasteiger partial charge in [0.05, 0.1) is 34.5 Å². The van der Waals surface area contributed by atoms with Crippen LogP contribution < -0.4 is 9.54 Å². The number of fused-ring (bicyclic) bond motifs is 1. The van der Waals surface area contributed by atoms with Crippen LogP contribution in [-0.4, -0.2) is 43.4 Å². The minimum atomic E-state index is -0.476. The highest BCUT2D eigenvalue weighted by molar-refractivity contribution is 7.16. The van der Waals surface area contributed by atoms with Crippen LogP contribution >= 0.6 is 34.5 Å². The standard InChI is InChI=1S/C21H20Cl2N2O5S/c1-3-29-9-8-25-16-6-4-13(20(27)28-2)10-18(16)31-21(25)24-19(26)12-30-17-7-5-14(22)11-15(17)23/h4-7,10-11H,3,8-9,12H2,1-2H3. The van der Waals surface area contributed by atoms with Crippen LogP contribution in [0.2, 0.25) is 10.0 Å². The molecule has 1 amide bonds. The first-order valence-corrected chi connectivity index (χ1v) is 10.9. The maximum atomic E-state index is 12.5. The highest BCUT2D eigenvalue weighted by Gasteiger charge is 2.13. The normalized spacial score (nSPS) is 11.7. The fourth-order valence-corrected chi connectivity index (χ4v) is 4.37. The molecule has 0 spiro atoms. The number of ether oxygens (including phenoxy) is 3. The Morgan fingerprint density at radius 2 is 1.97 bits per heavy atom. The third-order valence-corrected chi connectivity index (χ3v) is 5.80. The van der Waals surface area contributed by atoms with Crippen molar-refractivity contribution in [2.24, 2.45) is 4.99 Å². The van der Waals surface area contributed by atoms with Gasteiger partial charge in [0.1, 0.15) is 5.75 Å². The zero-order valence-electron chi connectivity index (χ0n) is 16.9. The fraction of sp³-hybridized carbons (Fsp3) is 0.286. The van der Waals surface area contributed by atoms with Crippen LogP contribution in [0.15, 0.2) is 41.4 Å². The first-order chi connectivity index (χ1) is 14.9. The zero-order chi connectivity index (χ0) is 22.4. The first-order valence-electron chi connectivity index (χ1n) is 9.37. The van der Waals surface area contributed by atoms with Gasteiger partial charge in [-0.1, -0.05) is 34.5 Å². The second-order valence-electron chi connectivity index (χ2n) is 6.28. The topological polar surface area (TPSA) is 79.1 Å². The third-order valence-electron chi connectivity index (χ3n) is 4.23. The molecular formula is C21H20Cl2N2O5S. The number of carbonyl (C=O) groups is 2. The lowest BCUT2D eigenvalue weighted by molar-refractivity contribution is -0.120. The number of rotatable bonds is 8. The molecule has 164 valence electrons. The minimum Gasteiger partial charge on any atom is -0.482 e. The van der Waals surface area contributed by atoms with Crippen LogP contribution in [0.1, 0.15) is 17.3 Å². The van der Waals surface area contributed by atoms with E-state index >= 15 is 0 Å². The summed E-state index contributed by atoms with van der Waals surface area (Å²) in [5.41, 5.74) is 1.26. The molecule has 0 aliphatic heterocycles. The van der Waals surface area contributed by atoms with Crippen molar-refractivity contribution in [3.8, 4) is 5.75 Å². The largest absolute Gasteiger partial charge is 0.482 e. The highest BCUT2D eigenvalue weighted by atomic mass is 35.5. The molecule has 1 heterocycles. The van der Waals surface area contributed by atoms with Crippen molar-refractivity contribution in [1.29, 1.82) is 0 Å². The number of esters is 1. The van der Waals surface area contributed by atoms with Gasteiger partial charge in [-0.2, -0.15) is 4.99 Å². The molecule has 0 aliphatic rings. The number of hydrogen-bond acceptors (Lipinski definition) is 6. The molecule has 0 unspecified atom stereocenters. The van der Waals surface area contributed by atoms with Crippen LogP contribution in [0.25, 0.3) is 10.2 Å². The number of hydrogen-bond donors (Lipinski definition) is 0. The molecule has 0 saturated carbocycles. The summed E-state index contributed by atoms with van der Waals surface area (Å²) >= 11 is 13.2. The predicted octanol–water partition coefficient (Wildman–Crippen LogP) is 4.34. The van der Waals surface area contributed by atoms with Crippen molar-refractivity contribution in [1.82, 2.24) is 4.57 Å². The van der Waals surface area contributed by atoms with E-state index in [2.05, 4.69) is 4.99 Å². The summed E-state index contributed by atoms with van der Waals surface area (Å²) in [6.07, 6.45) is 0. The molecule has 7 nitrogen and oxygen atoms in total. The molecule has 3 aromatic rings. The molecule has 1 aromatic heterocycles. The van der Waals surface area contributed by atoms with E-state index in [1.165, 1.54) is 24.5 Å². The average molecular weight is 483 g/mol. The summed E-state index contributed by atoms with van der Waals surface area (Å²) in [5, 5.41) is 0.782. The second kappa shape index (κ2) is 10.8. The molecule has 0 radical (unpaired) electrons. The van der Waals surface area contributed by atoms with Crippen molar-refractivity contribution < 1.29 is 23.8 Å². The van der Waals surface area contributed by atoms with E-state index in [0.717, 1.165) is 10.2 Å². The Balaban J connectivity index is 1.89. The van der Waals surface area contributed by atoms with Crippen molar-refractivity contribution in [3.05, 3.63) is 56.8 Å². The number of thiazole rings is 1. The summed E-state index contributed by atoms with van der Waals surface area (Å²) < 4.78 is 18.4. The Kier molecular flexibility index (Phi) is 8.09. The molecule has 0 bridgehead atoms. The summed E-state index contributed by atoms with van der Waals surface area (Å²) in [4.78, 5) is 29.0. The number of benzene rings is 2. The Hall–Kier alpha value is -2.39. The lowest BCUT2D eigenvalue weighted by Crippen LogP contribution is -2.21. The first kappa shape index (κ1) is 23.3. The zero-order valence-corrected chi connectivity index (χ0v) is 19.2. The SMILES string of the molecule is CCOCCn1c(=NC(=O)COc2ccc(Cl)cc2Cl)sc2cc(C(=O)OC)ccc21. The van der Waals surface area contributed by atoms with Crippen LogP contribution in [-0.2, 0) is 20.8 Å². The van der Waals surface area contributed by atoms with Gasteiger partial charge in [-0.3, -0.25) is 4.79 Å². The number of aromatic nitrogens is 1. The van der Waals surface area contributed by atoms with E-state index in [0.29, 0.717) is 45.9 Å². The summed E-state index contributed by atoms with van der Waals surface area (Å²) in [6.45, 7) is 3.17. The van der Waals surface area contributed by atoms with Crippen LogP contribution in [0.5, 0.6) is 5.75 Å². The van der Waals surface area contributed by atoms with E-state index in [4.69, 9.17) is 37.4 Å².